The van der Waals surface area contributed by atoms with Gasteiger partial charge in [-0.25, -0.2) is 0 Å². The molecular weight excluding hydrogens is 398 g/mol. The Morgan fingerprint density at radius 2 is 1.83 bits per heavy atom. The first-order valence-electron chi connectivity index (χ1n) is 10.7. The number of hydrogen-bond donors (Lipinski definition) is 0. The fourth-order valence-electron chi connectivity index (χ4n) is 3.46. The largest absolute Gasteiger partial charge is 0.378 e. The van der Waals surface area contributed by atoms with Crippen LogP contribution in [-0.2, 0) is 22.6 Å². The summed E-state index contributed by atoms with van der Waals surface area (Å²) in [5.41, 5.74) is 1.14. The molecule has 8 heteroatoms. The maximum Gasteiger partial charge on any atom is 0.233 e. The molecule has 1 amide bonds. The van der Waals surface area contributed by atoms with Gasteiger partial charge in [-0.3, -0.25) is 9.36 Å². The first-order valence-corrected chi connectivity index (χ1v) is 11.7. The summed E-state index contributed by atoms with van der Waals surface area (Å²) < 4.78 is 7.63. The Kier molecular flexibility index (Phi) is 8.16. The summed E-state index contributed by atoms with van der Waals surface area (Å²) in [5, 5.41) is 9.69. The molecule has 1 saturated heterocycles. The van der Waals surface area contributed by atoms with Gasteiger partial charge in [0.05, 0.1) is 19.0 Å². The number of nitrogens with zero attached hydrogens (tertiary/aromatic N) is 5. The second kappa shape index (κ2) is 10.8. The highest BCUT2D eigenvalue weighted by molar-refractivity contribution is 7.99. The molecule has 0 aliphatic carbocycles. The van der Waals surface area contributed by atoms with Gasteiger partial charge in [-0.15, -0.1) is 10.2 Å². The lowest BCUT2D eigenvalue weighted by molar-refractivity contribution is -0.130. The van der Waals surface area contributed by atoms with E-state index in [1.54, 1.807) is 0 Å². The number of anilines is 1. The Morgan fingerprint density at radius 3 is 2.47 bits per heavy atom. The highest BCUT2D eigenvalue weighted by Gasteiger charge is 2.23. The van der Waals surface area contributed by atoms with Crippen LogP contribution in [-0.4, -0.2) is 63.7 Å². The fraction of sp³-hybridized carbons (Fsp3) is 0.591. The van der Waals surface area contributed by atoms with E-state index in [4.69, 9.17) is 4.74 Å². The van der Waals surface area contributed by atoms with E-state index in [0.717, 1.165) is 36.3 Å². The van der Waals surface area contributed by atoms with Crippen LogP contribution < -0.4 is 4.90 Å². The Morgan fingerprint density at radius 1 is 1.13 bits per heavy atom. The van der Waals surface area contributed by atoms with E-state index >= 15 is 0 Å². The van der Waals surface area contributed by atoms with Crippen LogP contribution in [0.2, 0.25) is 0 Å². The van der Waals surface area contributed by atoms with Gasteiger partial charge in [0.1, 0.15) is 0 Å². The van der Waals surface area contributed by atoms with Crippen LogP contribution in [0.25, 0.3) is 0 Å². The third-order valence-corrected chi connectivity index (χ3v) is 5.95. The van der Waals surface area contributed by atoms with E-state index in [9.17, 15) is 4.79 Å². The van der Waals surface area contributed by atoms with Crippen LogP contribution >= 0.6 is 11.8 Å². The third kappa shape index (κ3) is 5.98. The molecular formula is C22H33N5O2S. The summed E-state index contributed by atoms with van der Waals surface area (Å²) in [5.74, 6) is 1.81. The van der Waals surface area contributed by atoms with Gasteiger partial charge in [0, 0.05) is 32.2 Å². The SMILES string of the molecule is CC(C)Cn1c(SCC(=O)N(Cc2ccccc2)C(C)C)nnc1N1CCOCC1. The number of morpholine rings is 1. The molecule has 0 saturated carbocycles. The molecule has 0 spiro atoms. The van der Waals surface area contributed by atoms with Gasteiger partial charge in [-0.1, -0.05) is 55.9 Å². The number of benzene rings is 1. The van der Waals surface area contributed by atoms with Crippen molar-refractivity contribution in [3.05, 3.63) is 35.9 Å². The van der Waals surface area contributed by atoms with Crippen molar-refractivity contribution in [3.8, 4) is 0 Å². The average Bonchev–Trinajstić information content (AvgIpc) is 3.13. The lowest BCUT2D eigenvalue weighted by Gasteiger charge is -2.28. The van der Waals surface area contributed by atoms with E-state index in [1.807, 2.05) is 23.1 Å². The molecule has 164 valence electrons. The molecule has 3 rings (SSSR count). The molecule has 1 aliphatic rings. The topological polar surface area (TPSA) is 63.5 Å². The zero-order valence-electron chi connectivity index (χ0n) is 18.5. The van der Waals surface area contributed by atoms with Gasteiger partial charge in [0.15, 0.2) is 5.16 Å². The van der Waals surface area contributed by atoms with Gasteiger partial charge in [0.25, 0.3) is 0 Å². The summed E-state index contributed by atoms with van der Waals surface area (Å²) in [6.45, 7) is 13.0. The van der Waals surface area contributed by atoms with Crippen molar-refractivity contribution in [2.45, 2.75) is 52.0 Å². The minimum absolute atomic E-state index is 0.117. The maximum absolute atomic E-state index is 13.0. The Labute approximate surface area is 183 Å². The predicted molar refractivity (Wildman–Crippen MR) is 121 cm³/mol. The number of carbonyl (C=O) groups excluding carboxylic acids is 1. The fourth-order valence-corrected chi connectivity index (χ4v) is 4.29. The van der Waals surface area contributed by atoms with Crippen LogP contribution in [0.5, 0.6) is 0 Å². The molecule has 1 aromatic carbocycles. The van der Waals surface area contributed by atoms with Crippen LogP contribution in [0.4, 0.5) is 5.95 Å². The average molecular weight is 432 g/mol. The van der Waals surface area contributed by atoms with Crippen molar-refractivity contribution in [1.82, 2.24) is 19.7 Å². The molecule has 2 heterocycles. The van der Waals surface area contributed by atoms with Crippen molar-refractivity contribution in [3.63, 3.8) is 0 Å². The number of hydrogen-bond acceptors (Lipinski definition) is 6. The minimum atomic E-state index is 0.117. The van der Waals surface area contributed by atoms with Crippen molar-refractivity contribution < 1.29 is 9.53 Å². The number of aromatic nitrogens is 3. The lowest BCUT2D eigenvalue weighted by Crippen LogP contribution is -2.38. The first-order chi connectivity index (χ1) is 14.5. The van der Waals surface area contributed by atoms with Crippen molar-refractivity contribution >= 4 is 23.6 Å². The Bertz CT molecular complexity index is 803. The summed E-state index contributed by atoms with van der Waals surface area (Å²) in [7, 11) is 0. The van der Waals surface area contributed by atoms with E-state index in [0.29, 0.717) is 31.4 Å². The monoisotopic (exact) mass is 431 g/mol. The molecule has 1 aliphatic heterocycles. The van der Waals surface area contributed by atoms with E-state index in [1.165, 1.54) is 11.8 Å². The second-order valence-corrected chi connectivity index (χ2v) is 9.22. The quantitative estimate of drug-likeness (QED) is 0.568. The first kappa shape index (κ1) is 22.6. The molecule has 7 nitrogen and oxygen atoms in total. The van der Waals surface area contributed by atoms with E-state index < -0.39 is 0 Å². The molecule has 0 bridgehead atoms. The zero-order valence-corrected chi connectivity index (χ0v) is 19.3. The highest BCUT2D eigenvalue weighted by Crippen LogP contribution is 2.25. The Hall–Kier alpha value is -2.06. The smallest absolute Gasteiger partial charge is 0.233 e. The second-order valence-electron chi connectivity index (χ2n) is 8.28. The number of carbonyl (C=O) groups is 1. The molecule has 1 aromatic heterocycles. The maximum atomic E-state index is 13.0. The van der Waals surface area contributed by atoms with Crippen LogP contribution in [0, 0.1) is 5.92 Å². The van der Waals surface area contributed by atoms with Gasteiger partial charge >= 0.3 is 0 Å². The number of amides is 1. The Balaban J connectivity index is 1.70. The van der Waals surface area contributed by atoms with E-state index in [-0.39, 0.29) is 11.9 Å². The highest BCUT2D eigenvalue weighted by atomic mass is 32.2. The van der Waals surface area contributed by atoms with Gasteiger partial charge in [-0.2, -0.15) is 0 Å². The molecule has 1 fully saturated rings. The van der Waals surface area contributed by atoms with Crippen molar-refractivity contribution in [1.29, 1.82) is 0 Å². The molecule has 2 aromatic rings. The standard InChI is InChI=1S/C22H33N5O2S/c1-17(2)14-27-21(25-10-12-29-13-11-25)23-24-22(27)30-16-20(28)26(18(3)4)15-19-8-6-5-7-9-19/h5-9,17-18H,10-16H2,1-4H3. The summed E-state index contributed by atoms with van der Waals surface area (Å²) in [6.07, 6.45) is 0. The third-order valence-electron chi connectivity index (χ3n) is 5.00. The summed E-state index contributed by atoms with van der Waals surface area (Å²) in [6, 6.07) is 10.3. The predicted octanol–water partition coefficient (Wildman–Crippen LogP) is 3.30. The van der Waals surface area contributed by atoms with Crippen LogP contribution in [0.1, 0.15) is 33.3 Å². The van der Waals surface area contributed by atoms with E-state index in [2.05, 4.69) is 59.5 Å². The molecule has 30 heavy (non-hydrogen) atoms. The van der Waals surface area contributed by atoms with Crippen molar-refractivity contribution in [2.75, 3.05) is 37.0 Å². The number of rotatable bonds is 9. The van der Waals surface area contributed by atoms with Crippen molar-refractivity contribution in [2.24, 2.45) is 5.92 Å². The number of ether oxygens (including phenoxy) is 1. The van der Waals surface area contributed by atoms with Gasteiger partial charge in [0.2, 0.25) is 11.9 Å². The van der Waals surface area contributed by atoms with Gasteiger partial charge in [-0.05, 0) is 25.3 Å². The van der Waals surface area contributed by atoms with Gasteiger partial charge < -0.3 is 14.5 Å². The minimum Gasteiger partial charge on any atom is -0.378 e. The number of thioether (sulfide) groups is 1. The molecule has 0 atom stereocenters. The van der Waals surface area contributed by atoms with Crippen LogP contribution in [0.15, 0.2) is 35.5 Å². The lowest BCUT2D eigenvalue weighted by atomic mass is 10.2. The molecule has 0 radical (unpaired) electrons. The summed E-state index contributed by atoms with van der Waals surface area (Å²) >= 11 is 1.48. The molecule has 0 unspecified atom stereocenters. The zero-order chi connectivity index (χ0) is 21.5. The molecule has 0 N–H and O–H groups in total. The summed E-state index contributed by atoms with van der Waals surface area (Å²) in [4.78, 5) is 17.2. The van der Waals surface area contributed by atoms with Crippen LogP contribution in [0.3, 0.4) is 0 Å². The normalized spacial score (nSPS) is 14.5.